The average Bonchev–Trinajstić information content (AvgIpc) is 3.31. The van der Waals surface area contributed by atoms with Crippen LogP contribution in [0.5, 0.6) is 0 Å². The number of rotatable bonds is 7. The molecule has 0 aliphatic rings. The van der Waals surface area contributed by atoms with E-state index >= 15 is 0 Å². The summed E-state index contributed by atoms with van der Waals surface area (Å²) in [5.41, 5.74) is 2.41. The summed E-state index contributed by atoms with van der Waals surface area (Å²) in [7, 11) is 0. The Hall–Kier alpha value is -3.62. The summed E-state index contributed by atoms with van der Waals surface area (Å²) in [6.45, 7) is 4.16. The van der Waals surface area contributed by atoms with Crippen LogP contribution in [-0.2, 0) is 11.3 Å². The van der Waals surface area contributed by atoms with Gasteiger partial charge in [-0.1, -0.05) is 0 Å². The predicted molar refractivity (Wildman–Crippen MR) is 102 cm³/mol. The van der Waals surface area contributed by atoms with Gasteiger partial charge in [0.1, 0.15) is 12.4 Å². The molecule has 9 nitrogen and oxygen atoms in total. The lowest BCUT2D eigenvalue weighted by Gasteiger charge is -2.05. The Kier molecular flexibility index (Phi) is 5.20. The molecule has 27 heavy (non-hydrogen) atoms. The lowest BCUT2D eigenvalue weighted by molar-refractivity contribution is -0.116. The number of anilines is 1. The third-order valence-electron chi connectivity index (χ3n) is 3.89. The van der Waals surface area contributed by atoms with E-state index in [0.717, 1.165) is 17.3 Å². The number of hydrogen-bond acceptors (Lipinski definition) is 6. The Morgan fingerprint density at radius 1 is 1.19 bits per heavy atom. The fourth-order valence-corrected chi connectivity index (χ4v) is 2.41. The number of carbonyl (C=O) groups is 1. The highest BCUT2D eigenvalue weighted by molar-refractivity contribution is 6.35. The summed E-state index contributed by atoms with van der Waals surface area (Å²) in [4.78, 5) is 16.3. The van der Waals surface area contributed by atoms with Crippen LogP contribution >= 0.6 is 0 Å². The molecule has 0 fully saturated rings. The maximum absolute atomic E-state index is 12.2. The van der Waals surface area contributed by atoms with E-state index in [1.165, 1.54) is 6.20 Å². The number of aromatic nitrogens is 5. The first-order chi connectivity index (χ1) is 13.0. The van der Waals surface area contributed by atoms with Gasteiger partial charge in [0.15, 0.2) is 0 Å². The van der Waals surface area contributed by atoms with Gasteiger partial charge in [-0.3, -0.25) is 19.6 Å². The van der Waals surface area contributed by atoms with Gasteiger partial charge in [-0.15, -0.1) is 0 Å². The zero-order valence-corrected chi connectivity index (χ0v) is 15.0. The molecule has 0 unspecified atom stereocenters. The van der Waals surface area contributed by atoms with Gasteiger partial charge in [0.25, 0.3) is 0 Å². The molecule has 0 aliphatic carbocycles. The third-order valence-corrected chi connectivity index (χ3v) is 3.89. The van der Waals surface area contributed by atoms with Crippen LogP contribution in [0.1, 0.15) is 25.5 Å². The highest BCUT2D eigenvalue weighted by Crippen LogP contribution is 2.19. The highest BCUT2D eigenvalue weighted by atomic mass is 16.2. The van der Waals surface area contributed by atoms with E-state index in [2.05, 4.69) is 34.3 Å². The molecule has 0 saturated heterocycles. The molecule has 0 radical (unpaired) electrons. The number of nitrogens with zero attached hydrogens (tertiary/aromatic N) is 5. The van der Waals surface area contributed by atoms with Crippen LogP contribution in [0.3, 0.4) is 0 Å². The van der Waals surface area contributed by atoms with E-state index < -0.39 is 0 Å². The van der Waals surface area contributed by atoms with E-state index in [4.69, 9.17) is 10.8 Å². The largest absolute Gasteiger partial charge is 0.309 e. The molecule has 138 valence electrons. The van der Waals surface area contributed by atoms with Crippen LogP contribution in [0.15, 0.2) is 43.1 Å². The second-order valence-electron chi connectivity index (χ2n) is 6.27. The molecule has 1 amide bonds. The summed E-state index contributed by atoms with van der Waals surface area (Å²) in [5.74, 6) is 0.122. The number of amides is 1. The van der Waals surface area contributed by atoms with E-state index in [0.29, 0.717) is 11.4 Å². The zero-order chi connectivity index (χ0) is 19.4. The van der Waals surface area contributed by atoms with Crippen LogP contribution in [0.25, 0.3) is 11.1 Å². The first kappa shape index (κ1) is 18.2. The predicted octanol–water partition coefficient (Wildman–Crippen LogP) is 2.38. The van der Waals surface area contributed by atoms with Crippen molar-refractivity contribution in [3.63, 3.8) is 0 Å². The van der Waals surface area contributed by atoms with Crippen molar-refractivity contribution < 1.29 is 4.79 Å². The topological polar surface area (TPSA) is 125 Å². The summed E-state index contributed by atoms with van der Waals surface area (Å²) in [5, 5.41) is 25.8. The lowest BCUT2D eigenvalue weighted by Crippen LogP contribution is -2.19. The van der Waals surface area contributed by atoms with Crippen molar-refractivity contribution in [2.75, 3.05) is 5.32 Å². The smallest absolute Gasteiger partial charge is 0.247 e. The van der Waals surface area contributed by atoms with Crippen LogP contribution in [0.2, 0.25) is 0 Å². The summed E-state index contributed by atoms with van der Waals surface area (Å²) >= 11 is 0. The average molecular weight is 364 g/mol. The van der Waals surface area contributed by atoms with Gasteiger partial charge < -0.3 is 10.7 Å². The van der Waals surface area contributed by atoms with Gasteiger partial charge in [0, 0.05) is 47.5 Å². The normalized spacial score (nSPS) is 10.8. The van der Waals surface area contributed by atoms with Crippen molar-refractivity contribution in [3.8, 4) is 11.1 Å². The number of hydrogen-bond donors (Lipinski definition) is 3. The molecule has 3 aromatic rings. The van der Waals surface area contributed by atoms with Crippen LogP contribution in [-0.4, -0.2) is 42.4 Å². The monoisotopic (exact) mass is 364 g/mol. The van der Waals surface area contributed by atoms with Crippen LogP contribution < -0.4 is 5.32 Å². The molecular formula is C18H20N8O. The Morgan fingerprint density at radius 3 is 2.56 bits per heavy atom. The van der Waals surface area contributed by atoms with Crippen LogP contribution in [0.4, 0.5) is 5.82 Å². The van der Waals surface area contributed by atoms with E-state index in [1.807, 2.05) is 10.9 Å². The van der Waals surface area contributed by atoms with Gasteiger partial charge in [-0.2, -0.15) is 10.2 Å². The molecule has 0 saturated carbocycles. The SMILES string of the molecule is CC(C)n1cc(-c2cnn(CC(=O)Nc3ccc(C(=N)C=N)cn3)c2)cn1. The first-order valence-electron chi connectivity index (χ1n) is 8.38. The van der Waals surface area contributed by atoms with E-state index in [9.17, 15) is 4.79 Å². The fourth-order valence-electron chi connectivity index (χ4n) is 2.41. The molecule has 0 spiro atoms. The minimum atomic E-state index is -0.259. The second-order valence-corrected chi connectivity index (χ2v) is 6.27. The molecule has 0 aliphatic heterocycles. The van der Waals surface area contributed by atoms with E-state index in [-0.39, 0.29) is 24.2 Å². The zero-order valence-electron chi connectivity index (χ0n) is 15.0. The summed E-state index contributed by atoms with van der Waals surface area (Å²) < 4.78 is 3.42. The van der Waals surface area contributed by atoms with Gasteiger partial charge in [0.2, 0.25) is 5.91 Å². The minimum absolute atomic E-state index is 0.0536. The van der Waals surface area contributed by atoms with Crippen LogP contribution in [0, 0.1) is 10.8 Å². The Bertz CT molecular complexity index is 967. The van der Waals surface area contributed by atoms with Crippen molar-refractivity contribution in [1.82, 2.24) is 24.5 Å². The second kappa shape index (κ2) is 7.73. The Balaban J connectivity index is 1.62. The van der Waals surface area contributed by atoms with Crippen molar-refractivity contribution in [2.45, 2.75) is 26.4 Å². The summed E-state index contributed by atoms with van der Waals surface area (Å²) in [6.07, 6.45) is 9.60. The number of carbonyl (C=O) groups excluding carboxylic acids is 1. The van der Waals surface area contributed by atoms with Gasteiger partial charge in [-0.25, -0.2) is 4.98 Å². The van der Waals surface area contributed by atoms with Crippen molar-refractivity contribution >= 4 is 23.7 Å². The molecule has 3 rings (SSSR count). The highest BCUT2D eigenvalue weighted by Gasteiger charge is 2.10. The number of nitrogens with one attached hydrogen (secondary N) is 3. The first-order valence-corrected chi connectivity index (χ1v) is 8.38. The van der Waals surface area contributed by atoms with Crippen molar-refractivity contribution in [2.24, 2.45) is 0 Å². The Labute approximate surface area is 156 Å². The van der Waals surface area contributed by atoms with Gasteiger partial charge in [0.05, 0.1) is 18.1 Å². The molecule has 0 aromatic carbocycles. The molecule has 0 atom stereocenters. The molecule has 9 heteroatoms. The standard InChI is InChI=1S/C18H20N8O/c1-12(2)26-10-15(8-23-26)14-7-22-25(9-14)11-18(27)24-17-4-3-13(6-21-17)16(20)5-19/h3-10,12,19-20H,11H2,1-2H3,(H,21,24,27). The van der Waals surface area contributed by atoms with Crippen molar-refractivity contribution in [3.05, 3.63) is 48.7 Å². The van der Waals surface area contributed by atoms with Gasteiger partial charge in [-0.05, 0) is 26.0 Å². The maximum Gasteiger partial charge on any atom is 0.247 e. The van der Waals surface area contributed by atoms with Crippen molar-refractivity contribution in [1.29, 1.82) is 10.8 Å². The summed E-state index contributed by atoms with van der Waals surface area (Å²) in [6, 6.07) is 3.51. The minimum Gasteiger partial charge on any atom is -0.309 e. The fraction of sp³-hybridized carbons (Fsp3) is 0.222. The molecule has 3 N–H and O–H groups in total. The molecular weight excluding hydrogens is 344 g/mol. The maximum atomic E-state index is 12.2. The molecule has 3 heterocycles. The molecule has 3 aromatic heterocycles. The number of pyridine rings is 1. The van der Waals surface area contributed by atoms with Gasteiger partial charge >= 0.3 is 0 Å². The van der Waals surface area contributed by atoms with E-state index in [1.54, 1.807) is 35.4 Å². The lowest BCUT2D eigenvalue weighted by atomic mass is 10.2. The molecule has 0 bridgehead atoms. The quantitative estimate of drug-likeness (QED) is 0.556. The Morgan fingerprint density at radius 2 is 1.93 bits per heavy atom. The third kappa shape index (κ3) is 4.32.